The summed E-state index contributed by atoms with van der Waals surface area (Å²) in [6, 6.07) is 6.41. The van der Waals surface area contributed by atoms with Gasteiger partial charge in [-0.1, -0.05) is 26.0 Å². The molecule has 1 aliphatic heterocycles. The molecule has 152 valence electrons. The number of ether oxygens (including phenoxy) is 1. The Labute approximate surface area is 168 Å². The molecule has 0 unspecified atom stereocenters. The molecule has 7 heteroatoms. The minimum absolute atomic E-state index is 0.238. The van der Waals surface area contributed by atoms with Gasteiger partial charge in [0.15, 0.2) is 0 Å². The van der Waals surface area contributed by atoms with E-state index in [2.05, 4.69) is 23.4 Å². The van der Waals surface area contributed by atoms with Crippen LogP contribution < -0.4 is 0 Å². The Morgan fingerprint density at radius 2 is 2.03 bits per heavy atom. The maximum atomic E-state index is 13.3. The second-order valence-corrected chi connectivity index (χ2v) is 7.84. The monoisotopic (exact) mass is 397 g/mol. The highest BCUT2D eigenvalue weighted by molar-refractivity contribution is 6.00. The van der Waals surface area contributed by atoms with Crippen LogP contribution in [0.1, 0.15) is 41.0 Å². The van der Waals surface area contributed by atoms with Crippen molar-refractivity contribution >= 4 is 16.8 Å². The molecule has 1 amide bonds. The van der Waals surface area contributed by atoms with Crippen molar-refractivity contribution in [3.8, 4) is 0 Å². The smallest absolute Gasteiger partial charge is 0.296 e. The average molecular weight is 397 g/mol. The number of carbonyl (C=O) groups is 1. The number of hydrogen-bond acceptors (Lipinski definition) is 4. The molecule has 3 heterocycles. The number of amides is 1. The number of aromatic nitrogens is 2. The van der Waals surface area contributed by atoms with E-state index in [1.54, 1.807) is 18.3 Å². The molecule has 4 rings (SSSR count). The first-order valence-electron chi connectivity index (χ1n) is 9.76. The number of hydroxylamine groups is 2. The summed E-state index contributed by atoms with van der Waals surface area (Å²) < 4.78 is 21.2. The van der Waals surface area contributed by atoms with Crippen molar-refractivity contribution in [1.82, 2.24) is 14.6 Å². The van der Waals surface area contributed by atoms with Crippen LogP contribution >= 0.6 is 0 Å². The number of hydrogen-bond donors (Lipinski definition) is 1. The van der Waals surface area contributed by atoms with Crippen molar-refractivity contribution in [1.29, 1.82) is 0 Å². The van der Waals surface area contributed by atoms with E-state index in [1.165, 1.54) is 12.1 Å². The predicted octanol–water partition coefficient (Wildman–Crippen LogP) is 3.78. The summed E-state index contributed by atoms with van der Waals surface area (Å²) in [7, 11) is 0. The van der Waals surface area contributed by atoms with Crippen LogP contribution in [0.2, 0.25) is 0 Å². The second kappa shape index (κ2) is 7.93. The van der Waals surface area contributed by atoms with Crippen LogP contribution in [0.25, 0.3) is 10.9 Å². The van der Waals surface area contributed by atoms with Gasteiger partial charge in [-0.3, -0.25) is 10.0 Å². The van der Waals surface area contributed by atoms with Gasteiger partial charge in [0.2, 0.25) is 0 Å². The molecule has 29 heavy (non-hydrogen) atoms. The standard InChI is InChI=1S/C22H24FN3O3/c1-14(2)12-29-13-16-11-25(10-15-3-5-17(23)6-4-15)19-9-24-21-18(20(16)19)7-8-26(28)22(21)27/h3-6,9,11,14,28H,7-8,10,12-13H2,1-2H3. The largest absolute Gasteiger partial charge is 0.376 e. The van der Waals surface area contributed by atoms with E-state index in [0.29, 0.717) is 37.2 Å². The number of rotatable bonds is 6. The molecule has 2 aromatic heterocycles. The average Bonchev–Trinajstić information content (AvgIpc) is 3.04. The Bertz CT molecular complexity index is 1040. The van der Waals surface area contributed by atoms with Crippen LogP contribution in [0.3, 0.4) is 0 Å². The number of benzene rings is 1. The molecule has 1 aliphatic rings. The summed E-state index contributed by atoms with van der Waals surface area (Å²) in [6.45, 7) is 6.06. The van der Waals surface area contributed by atoms with Crippen LogP contribution in [0.15, 0.2) is 36.7 Å². The molecule has 0 aliphatic carbocycles. The molecule has 0 saturated heterocycles. The number of nitrogens with zero attached hydrogens (tertiary/aromatic N) is 3. The lowest BCUT2D eigenvalue weighted by Crippen LogP contribution is -2.35. The van der Waals surface area contributed by atoms with Crippen LogP contribution in [-0.4, -0.2) is 38.9 Å². The molecule has 0 spiro atoms. The zero-order valence-corrected chi connectivity index (χ0v) is 16.6. The lowest BCUT2D eigenvalue weighted by Gasteiger charge is -2.23. The zero-order chi connectivity index (χ0) is 20.5. The minimum atomic E-state index is -0.478. The Hall–Kier alpha value is -2.77. The van der Waals surface area contributed by atoms with Crippen molar-refractivity contribution in [2.24, 2.45) is 5.92 Å². The number of carbonyl (C=O) groups excluding carboxylic acids is 1. The molecule has 1 N–H and O–H groups in total. The van der Waals surface area contributed by atoms with E-state index in [-0.39, 0.29) is 18.1 Å². The maximum Gasteiger partial charge on any atom is 0.296 e. The van der Waals surface area contributed by atoms with Gasteiger partial charge in [0.25, 0.3) is 5.91 Å². The molecular weight excluding hydrogens is 373 g/mol. The molecule has 0 bridgehead atoms. The van der Waals surface area contributed by atoms with Crippen LogP contribution in [0, 0.1) is 11.7 Å². The van der Waals surface area contributed by atoms with Gasteiger partial charge >= 0.3 is 0 Å². The van der Waals surface area contributed by atoms with E-state index in [1.807, 2.05) is 6.20 Å². The van der Waals surface area contributed by atoms with Gasteiger partial charge < -0.3 is 9.30 Å². The summed E-state index contributed by atoms with van der Waals surface area (Å²) in [5, 5.41) is 11.4. The molecule has 6 nitrogen and oxygen atoms in total. The van der Waals surface area contributed by atoms with E-state index >= 15 is 0 Å². The second-order valence-electron chi connectivity index (χ2n) is 7.84. The van der Waals surface area contributed by atoms with Gasteiger partial charge in [-0.25, -0.2) is 14.4 Å². The van der Waals surface area contributed by atoms with Crippen molar-refractivity contribution in [3.63, 3.8) is 0 Å². The van der Waals surface area contributed by atoms with Gasteiger partial charge in [-0.2, -0.15) is 0 Å². The number of pyridine rings is 1. The van der Waals surface area contributed by atoms with Gasteiger partial charge in [0.1, 0.15) is 11.5 Å². The van der Waals surface area contributed by atoms with Gasteiger partial charge in [-0.05, 0) is 35.6 Å². The topological polar surface area (TPSA) is 67.6 Å². The third kappa shape index (κ3) is 3.88. The third-order valence-corrected chi connectivity index (χ3v) is 5.09. The van der Waals surface area contributed by atoms with Crippen molar-refractivity contribution in [3.05, 3.63) is 64.9 Å². The minimum Gasteiger partial charge on any atom is -0.376 e. The normalized spacial score (nSPS) is 14.1. The maximum absolute atomic E-state index is 13.3. The molecule has 0 radical (unpaired) electrons. The van der Waals surface area contributed by atoms with Crippen LogP contribution in [-0.2, 0) is 24.3 Å². The highest BCUT2D eigenvalue weighted by Crippen LogP contribution is 2.31. The Balaban J connectivity index is 1.78. The first-order chi connectivity index (χ1) is 13.9. The zero-order valence-electron chi connectivity index (χ0n) is 16.6. The third-order valence-electron chi connectivity index (χ3n) is 5.09. The first-order valence-corrected chi connectivity index (χ1v) is 9.76. The summed E-state index contributed by atoms with van der Waals surface area (Å²) in [5.41, 5.74) is 3.99. The molecule has 1 aromatic carbocycles. The van der Waals surface area contributed by atoms with E-state index in [4.69, 9.17) is 4.74 Å². The molecular formula is C22H24FN3O3. The Kier molecular flexibility index (Phi) is 5.34. The fraction of sp³-hybridized carbons (Fsp3) is 0.364. The van der Waals surface area contributed by atoms with Crippen LogP contribution in [0.4, 0.5) is 4.39 Å². The summed E-state index contributed by atoms with van der Waals surface area (Å²) in [5.74, 6) is -0.326. The molecule has 0 fully saturated rings. The highest BCUT2D eigenvalue weighted by atomic mass is 19.1. The number of halogens is 1. The van der Waals surface area contributed by atoms with Crippen LogP contribution in [0.5, 0.6) is 0 Å². The SMILES string of the molecule is CC(C)COCc1cn(Cc2ccc(F)cc2)c2cnc3c(c12)CCN(O)C3=O. The Morgan fingerprint density at radius 3 is 2.76 bits per heavy atom. The van der Waals surface area contributed by atoms with E-state index < -0.39 is 5.91 Å². The predicted molar refractivity (Wildman–Crippen MR) is 106 cm³/mol. The van der Waals surface area contributed by atoms with Crippen molar-refractivity contribution in [2.45, 2.75) is 33.4 Å². The van der Waals surface area contributed by atoms with E-state index in [0.717, 1.165) is 27.6 Å². The summed E-state index contributed by atoms with van der Waals surface area (Å²) >= 11 is 0. The van der Waals surface area contributed by atoms with E-state index in [9.17, 15) is 14.4 Å². The fourth-order valence-electron chi connectivity index (χ4n) is 3.74. The fourth-order valence-corrected chi connectivity index (χ4v) is 3.74. The van der Waals surface area contributed by atoms with Crippen molar-refractivity contribution in [2.75, 3.05) is 13.2 Å². The quantitative estimate of drug-likeness (QED) is 0.643. The highest BCUT2D eigenvalue weighted by Gasteiger charge is 2.28. The molecule has 3 aromatic rings. The first kappa shape index (κ1) is 19.5. The van der Waals surface area contributed by atoms with Gasteiger partial charge in [-0.15, -0.1) is 0 Å². The summed E-state index contributed by atoms with van der Waals surface area (Å²) in [4.78, 5) is 16.7. The Morgan fingerprint density at radius 1 is 1.28 bits per heavy atom. The molecule has 0 atom stereocenters. The van der Waals surface area contributed by atoms with Gasteiger partial charge in [0, 0.05) is 30.3 Å². The van der Waals surface area contributed by atoms with Gasteiger partial charge in [0.05, 0.1) is 24.9 Å². The number of fused-ring (bicyclic) bond motifs is 3. The molecule has 0 saturated carbocycles. The summed E-state index contributed by atoms with van der Waals surface area (Å²) in [6.07, 6.45) is 4.21. The lowest BCUT2D eigenvalue weighted by molar-refractivity contribution is -0.0606. The lowest BCUT2D eigenvalue weighted by atomic mass is 9.99. The van der Waals surface area contributed by atoms with Crippen molar-refractivity contribution < 1.29 is 19.1 Å².